The number of hydrogen-bond donors (Lipinski definition) is 0. The van der Waals surface area contributed by atoms with Crippen LogP contribution in [0.25, 0.3) is 6.08 Å². The van der Waals surface area contributed by atoms with E-state index in [1.807, 2.05) is 30.3 Å². The normalized spacial score (nSPS) is 15.6. The third-order valence-electron chi connectivity index (χ3n) is 4.17. The number of methoxy groups -OCH3 is 1. The lowest BCUT2D eigenvalue weighted by Gasteiger charge is -2.14. The molecular weight excluding hydrogens is 446 g/mol. The zero-order valence-corrected chi connectivity index (χ0v) is 18.3. The standard InChI is InChI=1S/C20H18BrNO3S2/c1-12-6-4-5-7-14(12)11-25-18-15(21)8-13(9-16(18)24-3)10-17-19(23)22(2)20(26)27-17/h4-10H,11H2,1-3H3. The Balaban J connectivity index is 1.87. The van der Waals surface area contributed by atoms with Crippen molar-refractivity contribution in [3.63, 3.8) is 0 Å². The van der Waals surface area contributed by atoms with Crippen LogP contribution in [0.4, 0.5) is 0 Å². The van der Waals surface area contributed by atoms with Crippen LogP contribution in [0.15, 0.2) is 45.8 Å². The largest absolute Gasteiger partial charge is 0.493 e. The summed E-state index contributed by atoms with van der Waals surface area (Å²) in [6, 6.07) is 11.8. The molecule has 0 saturated carbocycles. The molecule has 0 radical (unpaired) electrons. The van der Waals surface area contributed by atoms with E-state index in [-0.39, 0.29) is 5.91 Å². The fraction of sp³-hybridized carbons (Fsp3) is 0.200. The minimum Gasteiger partial charge on any atom is -0.493 e. The van der Waals surface area contributed by atoms with Crippen LogP contribution in [0, 0.1) is 6.92 Å². The third kappa shape index (κ3) is 4.36. The van der Waals surface area contributed by atoms with E-state index in [0.29, 0.717) is 27.3 Å². The molecule has 27 heavy (non-hydrogen) atoms. The van der Waals surface area contributed by atoms with Gasteiger partial charge in [-0.1, -0.05) is 48.2 Å². The molecule has 1 fully saturated rings. The van der Waals surface area contributed by atoms with E-state index in [4.69, 9.17) is 21.7 Å². The number of likely N-dealkylation sites (N-methyl/N-ethyl adjacent to an activating group) is 1. The van der Waals surface area contributed by atoms with Crippen LogP contribution in [0.3, 0.4) is 0 Å². The minimum atomic E-state index is -0.0973. The van der Waals surface area contributed by atoms with Gasteiger partial charge in [0.1, 0.15) is 10.9 Å². The smallest absolute Gasteiger partial charge is 0.265 e. The number of benzene rings is 2. The number of carbonyl (C=O) groups is 1. The Morgan fingerprint density at radius 3 is 2.67 bits per heavy atom. The first kappa shape index (κ1) is 19.9. The predicted molar refractivity (Wildman–Crippen MR) is 117 cm³/mol. The van der Waals surface area contributed by atoms with Crippen LogP contribution >= 0.6 is 39.9 Å². The molecule has 1 aliphatic heterocycles. The Kier molecular flexibility index (Phi) is 6.24. The zero-order chi connectivity index (χ0) is 19.6. The predicted octanol–water partition coefficient (Wildman–Crippen LogP) is 5.18. The van der Waals surface area contributed by atoms with Crippen molar-refractivity contribution in [3.05, 3.63) is 62.5 Å². The van der Waals surface area contributed by atoms with Crippen LogP contribution in [-0.4, -0.2) is 29.3 Å². The van der Waals surface area contributed by atoms with Gasteiger partial charge in [0, 0.05) is 7.05 Å². The number of thioether (sulfide) groups is 1. The lowest BCUT2D eigenvalue weighted by molar-refractivity contribution is -0.121. The summed E-state index contributed by atoms with van der Waals surface area (Å²) in [5, 5.41) is 0. The highest BCUT2D eigenvalue weighted by Gasteiger charge is 2.28. The Morgan fingerprint density at radius 2 is 2.04 bits per heavy atom. The molecule has 0 aliphatic carbocycles. The maximum atomic E-state index is 12.2. The molecule has 0 aromatic heterocycles. The van der Waals surface area contributed by atoms with Crippen LogP contribution < -0.4 is 9.47 Å². The van der Waals surface area contributed by atoms with Gasteiger partial charge < -0.3 is 9.47 Å². The maximum Gasteiger partial charge on any atom is 0.265 e. The van der Waals surface area contributed by atoms with Gasteiger partial charge in [-0.05, 0) is 57.8 Å². The first-order valence-corrected chi connectivity index (χ1v) is 10.2. The van der Waals surface area contributed by atoms with Gasteiger partial charge >= 0.3 is 0 Å². The lowest BCUT2D eigenvalue weighted by atomic mass is 10.1. The number of ether oxygens (including phenoxy) is 2. The van der Waals surface area contributed by atoms with Gasteiger partial charge in [-0.2, -0.15) is 0 Å². The van der Waals surface area contributed by atoms with Gasteiger partial charge in [0.15, 0.2) is 11.5 Å². The molecule has 4 nitrogen and oxygen atoms in total. The number of nitrogens with zero attached hydrogens (tertiary/aromatic N) is 1. The first-order valence-electron chi connectivity index (χ1n) is 8.17. The summed E-state index contributed by atoms with van der Waals surface area (Å²) in [4.78, 5) is 14.3. The number of thiocarbonyl (C=S) groups is 1. The number of carbonyl (C=O) groups excluding carboxylic acids is 1. The van der Waals surface area contributed by atoms with Crippen molar-refractivity contribution >= 4 is 56.2 Å². The molecule has 1 heterocycles. The quantitative estimate of drug-likeness (QED) is 0.451. The molecule has 2 aromatic carbocycles. The number of aryl methyl sites for hydroxylation is 1. The highest BCUT2D eigenvalue weighted by molar-refractivity contribution is 9.10. The van der Waals surface area contributed by atoms with Gasteiger partial charge in [0.05, 0.1) is 16.5 Å². The van der Waals surface area contributed by atoms with Gasteiger partial charge in [-0.15, -0.1) is 0 Å². The molecule has 0 bridgehead atoms. The Labute approximate surface area is 176 Å². The SMILES string of the molecule is COc1cc(C=C2SC(=S)N(C)C2=O)cc(Br)c1OCc1ccccc1C. The molecule has 1 aliphatic rings. The molecule has 1 amide bonds. The third-order valence-corrected chi connectivity index (χ3v) is 6.24. The summed E-state index contributed by atoms with van der Waals surface area (Å²) < 4.78 is 12.8. The molecule has 7 heteroatoms. The van der Waals surface area contributed by atoms with Crippen molar-refractivity contribution in [2.24, 2.45) is 0 Å². The molecule has 140 valence electrons. The van der Waals surface area contributed by atoms with E-state index in [0.717, 1.165) is 15.6 Å². The van der Waals surface area contributed by atoms with Crippen molar-refractivity contribution in [2.45, 2.75) is 13.5 Å². The van der Waals surface area contributed by atoms with Gasteiger partial charge in [0.25, 0.3) is 5.91 Å². The average Bonchev–Trinajstić information content (AvgIpc) is 2.88. The van der Waals surface area contributed by atoms with E-state index in [1.54, 1.807) is 20.2 Å². The molecule has 0 N–H and O–H groups in total. The van der Waals surface area contributed by atoms with E-state index in [1.165, 1.54) is 22.2 Å². The second kappa shape index (κ2) is 8.46. The molecule has 3 rings (SSSR count). The summed E-state index contributed by atoms with van der Waals surface area (Å²) in [5.74, 6) is 1.12. The fourth-order valence-corrected chi connectivity index (χ4v) is 4.34. The number of rotatable bonds is 5. The summed E-state index contributed by atoms with van der Waals surface area (Å²) in [6.45, 7) is 2.49. The molecule has 0 unspecified atom stereocenters. The van der Waals surface area contributed by atoms with Crippen molar-refractivity contribution in [2.75, 3.05) is 14.2 Å². The van der Waals surface area contributed by atoms with E-state index < -0.39 is 0 Å². The first-order chi connectivity index (χ1) is 12.9. The number of hydrogen-bond acceptors (Lipinski definition) is 5. The van der Waals surface area contributed by atoms with Crippen LogP contribution in [0.5, 0.6) is 11.5 Å². The highest BCUT2D eigenvalue weighted by Crippen LogP contribution is 2.39. The zero-order valence-electron chi connectivity index (χ0n) is 15.1. The van der Waals surface area contributed by atoms with Crippen molar-refractivity contribution in [1.82, 2.24) is 4.90 Å². The van der Waals surface area contributed by atoms with Crippen molar-refractivity contribution in [3.8, 4) is 11.5 Å². The Bertz CT molecular complexity index is 943. The minimum absolute atomic E-state index is 0.0973. The molecule has 0 spiro atoms. The van der Waals surface area contributed by atoms with E-state index >= 15 is 0 Å². The van der Waals surface area contributed by atoms with Gasteiger partial charge in [0.2, 0.25) is 0 Å². The average molecular weight is 464 g/mol. The lowest BCUT2D eigenvalue weighted by Crippen LogP contribution is -2.22. The highest BCUT2D eigenvalue weighted by atomic mass is 79.9. The summed E-state index contributed by atoms with van der Waals surface area (Å²) in [7, 11) is 3.27. The second-order valence-electron chi connectivity index (χ2n) is 5.99. The maximum absolute atomic E-state index is 12.2. The molecular formula is C20H18BrNO3S2. The summed E-state index contributed by atoms with van der Waals surface area (Å²) in [5.41, 5.74) is 3.11. The summed E-state index contributed by atoms with van der Waals surface area (Å²) in [6.07, 6.45) is 1.81. The van der Waals surface area contributed by atoms with Crippen LogP contribution in [0.1, 0.15) is 16.7 Å². The van der Waals surface area contributed by atoms with Crippen molar-refractivity contribution < 1.29 is 14.3 Å². The van der Waals surface area contributed by atoms with Crippen LogP contribution in [0.2, 0.25) is 0 Å². The fourth-order valence-electron chi connectivity index (χ4n) is 2.58. The Morgan fingerprint density at radius 1 is 1.30 bits per heavy atom. The van der Waals surface area contributed by atoms with Crippen molar-refractivity contribution in [1.29, 1.82) is 0 Å². The molecule has 1 saturated heterocycles. The molecule has 2 aromatic rings. The second-order valence-corrected chi connectivity index (χ2v) is 8.52. The van der Waals surface area contributed by atoms with Crippen LogP contribution in [-0.2, 0) is 11.4 Å². The van der Waals surface area contributed by atoms with Gasteiger partial charge in [-0.3, -0.25) is 9.69 Å². The van der Waals surface area contributed by atoms with E-state index in [2.05, 4.69) is 28.9 Å². The monoisotopic (exact) mass is 463 g/mol. The Hall–Kier alpha value is -1.83. The number of halogens is 1. The summed E-state index contributed by atoms with van der Waals surface area (Å²) >= 11 is 10.0. The molecule has 0 atom stereocenters. The number of amides is 1. The van der Waals surface area contributed by atoms with Gasteiger partial charge in [-0.25, -0.2) is 0 Å². The topological polar surface area (TPSA) is 38.8 Å². The van der Waals surface area contributed by atoms with E-state index in [9.17, 15) is 4.79 Å².